The summed E-state index contributed by atoms with van der Waals surface area (Å²) in [4.78, 5) is 23.3. The Morgan fingerprint density at radius 2 is 2.13 bits per heavy atom. The van der Waals surface area contributed by atoms with Crippen LogP contribution in [0.2, 0.25) is 0 Å². The van der Waals surface area contributed by atoms with Gasteiger partial charge in [0.25, 0.3) is 5.69 Å². The Balaban J connectivity index is 1.90. The predicted octanol–water partition coefficient (Wildman–Crippen LogP) is 2.91. The van der Waals surface area contributed by atoms with Crippen LogP contribution < -0.4 is 4.74 Å². The maximum atomic E-state index is 12.5. The van der Waals surface area contributed by atoms with Crippen molar-refractivity contribution in [2.75, 3.05) is 13.2 Å². The smallest absolute Gasteiger partial charge is 0.284 e. The molecule has 2 aromatic carbocycles. The van der Waals surface area contributed by atoms with Gasteiger partial charge in [-0.2, -0.15) is 0 Å². The summed E-state index contributed by atoms with van der Waals surface area (Å²) >= 11 is 0. The summed E-state index contributed by atoms with van der Waals surface area (Å²) in [5.41, 5.74) is 1.14. The van der Waals surface area contributed by atoms with Gasteiger partial charge in [-0.25, -0.2) is 0 Å². The van der Waals surface area contributed by atoms with E-state index in [0.717, 1.165) is 5.56 Å². The number of carbonyl (C=O) groups excluding carboxylic acids is 1. The lowest BCUT2D eigenvalue weighted by Crippen LogP contribution is -2.08. The Labute approximate surface area is 132 Å². The fraction of sp³-hybridized carbons (Fsp3) is 0.235. The van der Waals surface area contributed by atoms with Gasteiger partial charge in [-0.05, 0) is 25.1 Å². The second-order valence-corrected chi connectivity index (χ2v) is 5.40. The van der Waals surface area contributed by atoms with E-state index in [1.807, 2.05) is 13.0 Å². The van der Waals surface area contributed by atoms with Crippen LogP contribution in [-0.2, 0) is 4.74 Å². The Hall–Kier alpha value is -2.73. The first-order valence-corrected chi connectivity index (χ1v) is 7.19. The summed E-state index contributed by atoms with van der Waals surface area (Å²) in [5, 5.41) is 11.3. The molecule has 1 fully saturated rings. The quantitative estimate of drug-likeness (QED) is 0.354. The van der Waals surface area contributed by atoms with Crippen molar-refractivity contribution in [3.05, 3.63) is 69.3 Å². The molecule has 1 saturated heterocycles. The van der Waals surface area contributed by atoms with Crippen LogP contribution in [0.15, 0.2) is 42.5 Å². The molecule has 0 saturated carbocycles. The van der Waals surface area contributed by atoms with Crippen molar-refractivity contribution in [2.24, 2.45) is 0 Å². The molecule has 1 aliphatic heterocycles. The highest BCUT2D eigenvalue weighted by Crippen LogP contribution is 2.27. The monoisotopic (exact) mass is 313 g/mol. The molecule has 0 spiro atoms. The van der Waals surface area contributed by atoms with Gasteiger partial charge in [0.2, 0.25) is 0 Å². The Morgan fingerprint density at radius 3 is 2.78 bits per heavy atom. The second kappa shape index (κ2) is 6.18. The molecule has 0 amide bonds. The van der Waals surface area contributed by atoms with Crippen molar-refractivity contribution < 1.29 is 19.2 Å². The van der Waals surface area contributed by atoms with Crippen molar-refractivity contribution in [2.45, 2.75) is 13.0 Å². The molecule has 6 nitrogen and oxygen atoms in total. The average molecular weight is 313 g/mol. The van der Waals surface area contributed by atoms with Crippen LogP contribution in [0.5, 0.6) is 5.75 Å². The van der Waals surface area contributed by atoms with Crippen molar-refractivity contribution in [1.29, 1.82) is 0 Å². The first kappa shape index (κ1) is 15.2. The number of nitrogens with zero attached hydrogens (tertiary/aromatic N) is 1. The zero-order valence-corrected chi connectivity index (χ0v) is 12.5. The molecule has 6 heteroatoms. The maximum Gasteiger partial charge on any atom is 0.284 e. The molecule has 1 atom stereocenters. The largest absolute Gasteiger partial charge is 0.491 e. The highest BCUT2D eigenvalue weighted by molar-refractivity contribution is 6.11. The molecule has 0 aromatic heterocycles. The van der Waals surface area contributed by atoms with Gasteiger partial charge >= 0.3 is 0 Å². The average Bonchev–Trinajstić information content (AvgIpc) is 3.36. The number of benzene rings is 2. The lowest BCUT2D eigenvalue weighted by atomic mass is 10.00. The first-order chi connectivity index (χ1) is 11.0. The van der Waals surface area contributed by atoms with Crippen LogP contribution in [-0.4, -0.2) is 30.0 Å². The minimum absolute atomic E-state index is 0.0515. The molecule has 1 aliphatic rings. The van der Waals surface area contributed by atoms with Gasteiger partial charge in [-0.15, -0.1) is 0 Å². The number of carbonyl (C=O) groups is 1. The van der Waals surface area contributed by atoms with Crippen molar-refractivity contribution in [3.63, 3.8) is 0 Å². The summed E-state index contributed by atoms with van der Waals surface area (Å²) < 4.78 is 10.5. The number of ketones is 1. The molecular formula is C17H15NO5. The van der Waals surface area contributed by atoms with Crippen LogP contribution in [0.25, 0.3) is 0 Å². The second-order valence-electron chi connectivity index (χ2n) is 5.40. The van der Waals surface area contributed by atoms with Gasteiger partial charge in [0.1, 0.15) is 24.0 Å². The number of aryl methyl sites for hydroxylation is 1. The summed E-state index contributed by atoms with van der Waals surface area (Å²) in [6.07, 6.45) is 0.0580. The van der Waals surface area contributed by atoms with Crippen LogP contribution in [0.1, 0.15) is 21.5 Å². The van der Waals surface area contributed by atoms with Gasteiger partial charge in [0, 0.05) is 5.56 Å². The zero-order valence-electron chi connectivity index (χ0n) is 12.5. The molecule has 3 rings (SSSR count). The van der Waals surface area contributed by atoms with Crippen LogP contribution in [0.4, 0.5) is 5.69 Å². The van der Waals surface area contributed by atoms with Gasteiger partial charge in [-0.1, -0.05) is 23.8 Å². The normalized spacial score (nSPS) is 16.0. The van der Waals surface area contributed by atoms with E-state index in [0.29, 0.717) is 24.5 Å². The molecule has 0 aliphatic carbocycles. The Morgan fingerprint density at radius 1 is 1.35 bits per heavy atom. The number of ether oxygens (including phenoxy) is 2. The molecule has 1 unspecified atom stereocenters. The molecule has 0 radical (unpaired) electrons. The minimum atomic E-state index is -0.566. The highest BCUT2D eigenvalue weighted by atomic mass is 16.6. The third kappa shape index (κ3) is 3.54. The number of rotatable bonds is 6. The fourth-order valence-electron chi connectivity index (χ4n) is 2.24. The van der Waals surface area contributed by atoms with Gasteiger partial charge in [0.05, 0.1) is 17.6 Å². The van der Waals surface area contributed by atoms with E-state index in [1.54, 1.807) is 24.3 Å². The number of nitro groups is 1. The van der Waals surface area contributed by atoms with Crippen LogP contribution >= 0.6 is 0 Å². The van der Waals surface area contributed by atoms with E-state index in [2.05, 4.69) is 0 Å². The van der Waals surface area contributed by atoms with E-state index < -0.39 is 4.92 Å². The molecule has 23 heavy (non-hydrogen) atoms. The molecular weight excluding hydrogens is 298 g/mol. The van der Waals surface area contributed by atoms with Crippen LogP contribution in [0, 0.1) is 17.0 Å². The maximum absolute atomic E-state index is 12.5. The fourth-order valence-corrected chi connectivity index (χ4v) is 2.24. The third-order valence-electron chi connectivity index (χ3n) is 3.53. The molecule has 118 valence electrons. The molecule has 1 heterocycles. The number of epoxide rings is 1. The number of hydrogen-bond acceptors (Lipinski definition) is 5. The standard InChI is InChI=1S/C17H15NO5/c1-11-3-2-4-12(7-11)17(19)15-6-5-13(8-16(15)18(20)21)22-9-14-10-23-14/h2-8,14H,9-10H2,1H3. The van der Waals surface area contributed by atoms with Crippen molar-refractivity contribution in [1.82, 2.24) is 0 Å². The molecule has 0 N–H and O–H groups in total. The lowest BCUT2D eigenvalue weighted by molar-refractivity contribution is -0.385. The SMILES string of the molecule is Cc1cccc(C(=O)c2ccc(OCC3CO3)cc2[N+](=O)[O-])c1. The number of nitro benzene ring substituents is 1. The predicted molar refractivity (Wildman–Crippen MR) is 82.9 cm³/mol. The van der Waals surface area contributed by atoms with Gasteiger partial charge < -0.3 is 9.47 Å². The molecule has 2 aromatic rings. The summed E-state index contributed by atoms with van der Waals surface area (Å²) in [6.45, 7) is 2.86. The van der Waals surface area contributed by atoms with E-state index in [-0.39, 0.29) is 23.1 Å². The number of hydrogen-bond donors (Lipinski definition) is 0. The Kier molecular flexibility index (Phi) is 4.08. The summed E-state index contributed by atoms with van der Waals surface area (Å²) in [7, 11) is 0. The highest BCUT2D eigenvalue weighted by Gasteiger charge is 2.25. The van der Waals surface area contributed by atoms with Crippen molar-refractivity contribution in [3.8, 4) is 5.75 Å². The van der Waals surface area contributed by atoms with Gasteiger partial charge in [0.15, 0.2) is 5.78 Å². The van der Waals surface area contributed by atoms with E-state index >= 15 is 0 Å². The van der Waals surface area contributed by atoms with E-state index in [4.69, 9.17) is 9.47 Å². The summed E-state index contributed by atoms with van der Waals surface area (Å²) in [6, 6.07) is 11.3. The van der Waals surface area contributed by atoms with E-state index in [1.165, 1.54) is 12.1 Å². The Bertz CT molecular complexity index is 767. The minimum Gasteiger partial charge on any atom is -0.491 e. The first-order valence-electron chi connectivity index (χ1n) is 7.19. The zero-order chi connectivity index (χ0) is 16.4. The molecule has 0 bridgehead atoms. The van der Waals surface area contributed by atoms with Gasteiger partial charge in [-0.3, -0.25) is 14.9 Å². The summed E-state index contributed by atoms with van der Waals surface area (Å²) in [5.74, 6) is -0.0227. The van der Waals surface area contributed by atoms with Crippen LogP contribution in [0.3, 0.4) is 0 Å². The lowest BCUT2D eigenvalue weighted by Gasteiger charge is -2.07. The van der Waals surface area contributed by atoms with Crippen molar-refractivity contribution >= 4 is 11.5 Å². The third-order valence-corrected chi connectivity index (χ3v) is 3.53. The topological polar surface area (TPSA) is 82.0 Å². The van der Waals surface area contributed by atoms with E-state index in [9.17, 15) is 14.9 Å².